The molecule has 4 aromatic rings. The predicted molar refractivity (Wildman–Crippen MR) is 248 cm³/mol. The second kappa shape index (κ2) is 53.3. The number of anilines is 5. The van der Waals surface area contributed by atoms with Crippen LogP contribution in [0, 0.1) is 0 Å². The van der Waals surface area contributed by atoms with Crippen LogP contribution in [0.1, 0.15) is 98.3 Å². The van der Waals surface area contributed by atoms with Crippen LogP contribution in [0.4, 0.5) is 28.4 Å². The van der Waals surface area contributed by atoms with Gasteiger partial charge in [-0.3, -0.25) is 0 Å². The molecule has 0 amide bonds. The summed E-state index contributed by atoms with van der Waals surface area (Å²) in [5.41, 5.74) is 15.8. The first kappa shape index (κ1) is 63.5. The molecule has 8 N–H and O–H groups in total. The van der Waals surface area contributed by atoms with Crippen molar-refractivity contribution in [2.75, 3.05) is 22.1 Å². The number of unbranched alkanes of at least 4 members (excludes halogenated alkanes) is 6. The first-order chi connectivity index (χ1) is 28.4. The number of hydrogen-bond acceptors (Lipinski definition) is 13. The van der Waals surface area contributed by atoms with Crippen LogP contribution < -0.4 is 22.1 Å². The van der Waals surface area contributed by atoms with Crippen LogP contribution in [-0.2, 0) is 26.3 Å². The highest BCUT2D eigenvalue weighted by atomic mass is 32.2. The minimum absolute atomic E-state index is 0.595. The normalized spacial score (nSPS) is 9.08. The van der Waals surface area contributed by atoms with E-state index in [1.54, 1.807) is 0 Å². The average Bonchev–Trinajstić information content (AvgIpc) is 3.23. The number of para-hydroxylation sites is 3. The van der Waals surface area contributed by atoms with Crippen molar-refractivity contribution in [1.82, 2.24) is 0 Å². The highest BCUT2D eigenvalue weighted by Gasteiger charge is 2.07. The molecule has 0 fully saturated rings. The predicted octanol–water partition coefficient (Wildman–Crippen LogP) is 10.5. The monoisotopic (exact) mass is 858 g/mol. The van der Waals surface area contributed by atoms with Crippen molar-refractivity contribution < 1.29 is 40.8 Å². The lowest BCUT2D eigenvalue weighted by atomic mass is 10.0. The molecule has 13 nitrogen and oxygen atoms in total. The van der Waals surface area contributed by atoms with Gasteiger partial charge in [0, 0.05) is 34.5 Å². The molecule has 0 bridgehead atoms. The lowest BCUT2D eigenvalue weighted by Crippen LogP contribution is -2.19. The van der Waals surface area contributed by atoms with E-state index in [1.807, 2.05) is 78.9 Å². The summed E-state index contributed by atoms with van der Waals surface area (Å²) in [5, 5.41) is 22.6. The van der Waals surface area contributed by atoms with E-state index in [4.69, 9.17) is 47.2 Å². The van der Waals surface area contributed by atoms with Gasteiger partial charge in [0.25, 0.3) is 0 Å². The summed E-state index contributed by atoms with van der Waals surface area (Å²) in [6.07, 6.45) is 14.8. The van der Waals surface area contributed by atoms with E-state index in [-0.39, 0.29) is 0 Å². The van der Waals surface area contributed by atoms with Crippen LogP contribution in [0.3, 0.4) is 0 Å². The zero-order chi connectivity index (χ0) is 46.0. The summed E-state index contributed by atoms with van der Waals surface area (Å²) in [5.74, 6) is 0. The molecule has 0 heterocycles. The number of benzene rings is 4. The molecule has 1 atom stereocenters. The molecule has 1 unspecified atom stereocenters. The minimum atomic E-state index is -3.11. The van der Waals surface area contributed by atoms with Crippen LogP contribution in [0.5, 0.6) is 0 Å². The average molecular weight is 859 g/mol. The maximum Gasteiger partial charge on any atom is 0.425 e. The molecule has 4 radical (unpaired) electrons. The molecular formula is C42H68B2N4O9S2. The Morgan fingerprint density at radius 1 is 0.492 bits per heavy atom. The van der Waals surface area contributed by atoms with Crippen molar-refractivity contribution in [2.45, 2.75) is 118 Å². The van der Waals surface area contributed by atoms with E-state index in [1.165, 1.54) is 90.0 Å². The third-order valence-corrected chi connectivity index (χ3v) is 6.92. The summed E-state index contributed by atoms with van der Waals surface area (Å²) >= 11 is 0. The first-order valence-corrected chi connectivity index (χ1v) is 21.3. The molecule has 17 heteroatoms. The molecule has 59 heavy (non-hydrogen) atoms. The van der Waals surface area contributed by atoms with Gasteiger partial charge in [-0.25, -0.2) is 10.5 Å². The van der Waals surface area contributed by atoms with Crippen LogP contribution in [0.2, 0.25) is 13.6 Å². The van der Waals surface area contributed by atoms with Crippen molar-refractivity contribution in [3.05, 3.63) is 115 Å². The Bertz CT molecular complexity index is 1530. The number of nitrogen functional groups attached to an aromatic ring is 2. The number of nitrogens with two attached hydrogens (primary N) is 2. The molecule has 4 aromatic carbocycles. The molecular weight excluding hydrogens is 790 g/mol. The summed E-state index contributed by atoms with van der Waals surface area (Å²) < 4.78 is 50.7. The van der Waals surface area contributed by atoms with Gasteiger partial charge in [-0.1, -0.05) is 159 Å². The van der Waals surface area contributed by atoms with Gasteiger partial charge in [-0.15, -0.1) is 25.3 Å². The molecule has 0 aliphatic heterocycles. The largest absolute Gasteiger partial charge is 0.425 e. The van der Waals surface area contributed by atoms with Gasteiger partial charge >= 0.3 is 21.2 Å². The number of rotatable bonds is 14. The fourth-order valence-electron chi connectivity index (χ4n) is 4.42. The standard InChI is InChI=1S/C20H28N2.C8H18.2C6H7N.2CH3B.2O3S.H2O3/c1-3-5-10-17(9-4-2)21-19-13-15-20(16-14-19)22-18-11-7-6-8-12-18;1-3-5-7-8-6-4-2;2*7-6-4-2-1-3-5-6;2*1-2;2*1-4(2)3;1-3-2/h6-8,11-17,21-22H,3-5,9-10H2,1-2H3;3-8H2,1-2H3;2*1-5H,7H2;2*1H3;;;1-2H. The molecule has 0 saturated heterocycles. The molecule has 0 aliphatic rings. The van der Waals surface area contributed by atoms with Crippen LogP contribution in [0.25, 0.3) is 0 Å². The quantitative estimate of drug-likeness (QED) is 0.0228. The lowest BCUT2D eigenvalue weighted by Gasteiger charge is -2.19. The first-order valence-electron chi connectivity index (χ1n) is 19.3. The molecule has 0 aliphatic carbocycles. The van der Waals surface area contributed by atoms with Gasteiger partial charge < -0.3 is 22.1 Å². The van der Waals surface area contributed by atoms with Crippen molar-refractivity contribution >= 4 is 65.3 Å². The molecule has 0 spiro atoms. The van der Waals surface area contributed by atoms with Gasteiger partial charge in [0.05, 0.1) is 15.7 Å². The van der Waals surface area contributed by atoms with Crippen molar-refractivity contribution in [2.24, 2.45) is 0 Å². The topological polar surface area (TPSA) is 228 Å². The van der Waals surface area contributed by atoms with Gasteiger partial charge in [0.1, 0.15) is 0 Å². The van der Waals surface area contributed by atoms with E-state index >= 15 is 0 Å². The Balaban J connectivity index is -0.000000217. The summed E-state index contributed by atoms with van der Waals surface area (Å²) in [7, 11) is 2.78. The minimum Gasteiger partial charge on any atom is -0.399 e. The second-order valence-corrected chi connectivity index (χ2v) is 12.4. The van der Waals surface area contributed by atoms with Gasteiger partial charge in [-0.05, 0) is 73.5 Å². The van der Waals surface area contributed by atoms with E-state index in [9.17, 15) is 0 Å². The van der Waals surface area contributed by atoms with Gasteiger partial charge in [0.15, 0.2) is 0 Å². The number of nitrogens with one attached hydrogen (secondary N) is 2. The summed E-state index contributed by atoms with van der Waals surface area (Å²) in [4.78, 5) is 0. The van der Waals surface area contributed by atoms with E-state index in [2.05, 4.69) is 95.5 Å². The van der Waals surface area contributed by atoms with E-state index in [0.717, 1.165) is 22.7 Å². The molecule has 4 rings (SSSR count). The van der Waals surface area contributed by atoms with E-state index < -0.39 is 21.2 Å². The second-order valence-electron chi connectivity index (χ2n) is 11.6. The van der Waals surface area contributed by atoms with Gasteiger partial charge in [0.2, 0.25) is 0 Å². The molecule has 328 valence electrons. The van der Waals surface area contributed by atoms with Crippen molar-refractivity contribution in [3.63, 3.8) is 0 Å². The maximum absolute atomic E-state index is 8.44. The zero-order valence-corrected chi connectivity index (χ0v) is 37.3. The smallest absolute Gasteiger partial charge is 0.399 e. The highest BCUT2D eigenvalue weighted by Crippen LogP contribution is 2.21. The van der Waals surface area contributed by atoms with E-state index in [0.29, 0.717) is 6.04 Å². The Labute approximate surface area is 360 Å². The number of hydrogen-bond donors (Lipinski definition) is 6. The maximum atomic E-state index is 8.44. The Morgan fingerprint density at radius 2 is 0.797 bits per heavy atom. The third kappa shape index (κ3) is 57.7. The fourth-order valence-corrected chi connectivity index (χ4v) is 4.42. The zero-order valence-electron chi connectivity index (χ0n) is 35.7. The Kier molecular flexibility index (Phi) is 57.4. The fraction of sp³-hybridized carbons (Fsp3) is 0.429. The van der Waals surface area contributed by atoms with Gasteiger partial charge in [-0.2, -0.15) is 0 Å². The van der Waals surface area contributed by atoms with Crippen molar-refractivity contribution in [1.29, 1.82) is 0 Å². The highest BCUT2D eigenvalue weighted by molar-refractivity contribution is 7.59. The van der Waals surface area contributed by atoms with Crippen LogP contribution >= 0.6 is 0 Å². The van der Waals surface area contributed by atoms with Crippen LogP contribution in [0.15, 0.2) is 115 Å². The van der Waals surface area contributed by atoms with Crippen LogP contribution in [-0.4, -0.2) is 57.5 Å². The summed E-state index contributed by atoms with van der Waals surface area (Å²) in [6.45, 7) is 12.0. The Hall–Kier alpha value is -4.67. The molecule has 0 aromatic heterocycles. The summed E-state index contributed by atoms with van der Waals surface area (Å²) in [6, 6.07) is 38.4. The lowest BCUT2D eigenvalue weighted by molar-refractivity contribution is -0.465. The third-order valence-electron chi connectivity index (χ3n) is 6.92. The SMILES string of the molecule is CCCCC(CCC)Nc1ccc(Nc2ccccc2)cc1.CCCCCCCC.Nc1ccccc1.Nc1ccccc1.O=S(=O)=O.O=S(=O)=O.OOO.[B]C.[B]C. The Morgan fingerprint density at radius 3 is 1.08 bits per heavy atom. The van der Waals surface area contributed by atoms with Crippen molar-refractivity contribution in [3.8, 4) is 0 Å². The molecule has 0 saturated carbocycles.